The quantitative estimate of drug-likeness (QED) is 0.492. The van der Waals surface area contributed by atoms with Gasteiger partial charge in [0.25, 0.3) is 10.0 Å². The Balaban J connectivity index is 1.98. The van der Waals surface area contributed by atoms with Gasteiger partial charge in [-0.3, -0.25) is 9.10 Å². The lowest BCUT2D eigenvalue weighted by atomic mass is 10.2. The fourth-order valence-electron chi connectivity index (χ4n) is 3.04. The molecule has 1 N–H and O–H groups in total. The first-order chi connectivity index (χ1) is 14.6. The van der Waals surface area contributed by atoms with Crippen LogP contribution in [0.2, 0.25) is 10.0 Å². The van der Waals surface area contributed by atoms with E-state index in [-0.39, 0.29) is 4.90 Å². The number of sulfonamides is 1. The van der Waals surface area contributed by atoms with Gasteiger partial charge in [-0.05, 0) is 74.4 Å². The zero-order valence-corrected chi connectivity index (χ0v) is 19.6. The van der Waals surface area contributed by atoms with Gasteiger partial charge >= 0.3 is 0 Å². The van der Waals surface area contributed by atoms with Gasteiger partial charge in [0.15, 0.2) is 0 Å². The van der Waals surface area contributed by atoms with Crippen LogP contribution in [0.4, 0.5) is 11.4 Å². The van der Waals surface area contributed by atoms with Gasteiger partial charge in [-0.1, -0.05) is 47.0 Å². The smallest absolute Gasteiger partial charge is 0.264 e. The van der Waals surface area contributed by atoms with E-state index < -0.39 is 22.5 Å². The Hall–Kier alpha value is -2.54. The number of aryl methyl sites for hydroxylation is 3. The van der Waals surface area contributed by atoms with Crippen molar-refractivity contribution in [3.8, 4) is 0 Å². The first-order valence-electron chi connectivity index (χ1n) is 9.49. The van der Waals surface area contributed by atoms with E-state index in [9.17, 15) is 13.2 Å². The van der Waals surface area contributed by atoms with Crippen LogP contribution in [0.25, 0.3) is 0 Å². The van der Waals surface area contributed by atoms with Gasteiger partial charge in [0, 0.05) is 15.7 Å². The highest BCUT2D eigenvalue weighted by atomic mass is 35.5. The van der Waals surface area contributed by atoms with Crippen molar-refractivity contribution < 1.29 is 13.2 Å². The summed E-state index contributed by atoms with van der Waals surface area (Å²) in [6.45, 7) is 5.06. The van der Waals surface area contributed by atoms with Crippen molar-refractivity contribution in [2.45, 2.75) is 25.7 Å². The highest BCUT2D eigenvalue weighted by Gasteiger charge is 2.28. The lowest BCUT2D eigenvalue weighted by Crippen LogP contribution is -2.38. The molecule has 0 radical (unpaired) electrons. The Morgan fingerprint density at radius 2 is 1.58 bits per heavy atom. The number of hydrogen-bond donors (Lipinski definition) is 1. The first-order valence-corrected chi connectivity index (χ1v) is 11.7. The van der Waals surface area contributed by atoms with Crippen molar-refractivity contribution in [2.24, 2.45) is 0 Å². The summed E-state index contributed by atoms with van der Waals surface area (Å²) in [6, 6.07) is 16.5. The van der Waals surface area contributed by atoms with Crippen LogP contribution in [0.3, 0.4) is 0 Å². The number of benzene rings is 3. The third-order valence-corrected chi connectivity index (χ3v) is 7.20. The lowest BCUT2D eigenvalue weighted by Gasteiger charge is -2.26. The molecule has 162 valence electrons. The summed E-state index contributed by atoms with van der Waals surface area (Å²) in [6.07, 6.45) is 0. The molecule has 0 atom stereocenters. The minimum atomic E-state index is -4.01. The van der Waals surface area contributed by atoms with E-state index in [1.165, 1.54) is 12.1 Å². The number of carbonyl (C=O) groups excluding carboxylic acids is 1. The van der Waals surface area contributed by atoms with E-state index in [0.717, 1.165) is 15.4 Å². The van der Waals surface area contributed by atoms with Crippen LogP contribution in [0.15, 0.2) is 65.6 Å². The lowest BCUT2D eigenvalue weighted by molar-refractivity contribution is -0.114. The molecule has 3 aromatic rings. The molecule has 0 aliphatic heterocycles. The average Bonchev–Trinajstić information content (AvgIpc) is 2.70. The van der Waals surface area contributed by atoms with Gasteiger partial charge in [0.1, 0.15) is 6.54 Å². The van der Waals surface area contributed by atoms with E-state index in [1.807, 2.05) is 13.8 Å². The Labute approximate surface area is 192 Å². The van der Waals surface area contributed by atoms with Crippen molar-refractivity contribution in [2.75, 3.05) is 16.2 Å². The van der Waals surface area contributed by atoms with Gasteiger partial charge < -0.3 is 5.32 Å². The molecule has 0 aliphatic carbocycles. The summed E-state index contributed by atoms with van der Waals surface area (Å²) in [5.41, 5.74) is 3.31. The van der Waals surface area contributed by atoms with Crippen LogP contribution in [0.5, 0.6) is 0 Å². The first kappa shape index (κ1) is 23.1. The monoisotopic (exact) mass is 476 g/mol. The van der Waals surface area contributed by atoms with Crippen LogP contribution in [0.1, 0.15) is 16.7 Å². The van der Waals surface area contributed by atoms with Crippen LogP contribution in [-0.4, -0.2) is 20.9 Å². The van der Waals surface area contributed by atoms with Gasteiger partial charge in [0.05, 0.1) is 10.6 Å². The summed E-state index contributed by atoms with van der Waals surface area (Å²) in [7, 11) is -4.01. The standard InChI is InChI=1S/C23H22Cl2N2O3S/c1-15-4-9-20(10-5-15)31(29,30)27(22-11-7-18(24)12-17(22)3)14-23(28)26-19-8-6-16(2)21(25)13-19/h4-13H,14H2,1-3H3,(H,26,28). The van der Waals surface area contributed by atoms with Crippen molar-refractivity contribution in [3.05, 3.63) is 87.4 Å². The fraction of sp³-hybridized carbons (Fsp3) is 0.174. The van der Waals surface area contributed by atoms with Crippen LogP contribution < -0.4 is 9.62 Å². The predicted molar refractivity (Wildman–Crippen MR) is 127 cm³/mol. The molecule has 3 rings (SSSR count). The molecule has 3 aromatic carbocycles. The maximum Gasteiger partial charge on any atom is 0.264 e. The Bertz CT molecular complexity index is 1230. The number of anilines is 2. The topological polar surface area (TPSA) is 66.5 Å². The zero-order valence-electron chi connectivity index (χ0n) is 17.3. The average molecular weight is 477 g/mol. The van der Waals surface area contributed by atoms with E-state index in [0.29, 0.717) is 27.0 Å². The van der Waals surface area contributed by atoms with Crippen LogP contribution >= 0.6 is 23.2 Å². The number of amides is 1. The predicted octanol–water partition coefficient (Wildman–Crippen LogP) is 5.75. The number of halogens is 2. The number of hydrogen-bond acceptors (Lipinski definition) is 3. The normalized spacial score (nSPS) is 11.3. The highest BCUT2D eigenvalue weighted by Crippen LogP contribution is 2.29. The molecule has 0 heterocycles. The van der Waals surface area contributed by atoms with Crippen LogP contribution in [-0.2, 0) is 14.8 Å². The summed E-state index contributed by atoms with van der Waals surface area (Å²) in [5, 5.41) is 3.71. The van der Waals surface area contributed by atoms with Gasteiger partial charge in [-0.15, -0.1) is 0 Å². The molecule has 0 saturated carbocycles. The molecule has 0 saturated heterocycles. The molecule has 0 aliphatic rings. The molecule has 0 fully saturated rings. The molecule has 0 spiro atoms. The molecule has 5 nitrogen and oxygen atoms in total. The van der Waals surface area contributed by atoms with Gasteiger partial charge in [-0.25, -0.2) is 8.42 Å². The molecular weight excluding hydrogens is 455 g/mol. The van der Waals surface area contributed by atoms with Crippen LogP contribution in [0, 0.1) is 20.8 Å². The molecule has 0 bridgehead atoms. The maximum absolute atomic E-state index is 13.5. The van der Waals surface area contributed by atoms with Crippen molar-refractivity contribution in [1.82, 2.24) is 0 Å². The molecular formula is C23H22Cl2N2O3S. The third-order valence-electron chi connectivity index (χ3n) is 4.78. The second kappa shape index (κ2) is 9.30. The minimum Gasteiger partial charge on any atom is -0.324 e. The second-order valence-electron chi connectivity index (χ2n) is 7.27. The minimum absolute atomic E-state index is 0.0960. The Kier molecular flexibility index (Phi) is 6.94. The second-order valence-corrected chi connectivity index (χ2v) is 9.97. The Morgan fingerprint density at radius 1 is 0.903 bits per heavy atom. The molecule has 1 amide bonds. The van der Waals surface area contributed by atoms with Crippen molar-refractivity contribution >= 4 is 50.5 Å². The molecule has 0 aromatic heterocycles. The van der Waals surface area contributed by atoms with Crippen molar-refractivity contribution in [3.63, 3.8) is 0 Å². The number of carbonyl (C=O) groups is 1. The van der Waals surface area contributed by atoms with E-state index in [4.69, 9.17) is 23.2 Å². The van der Waals surface area contributed by atoms with Gasteiger partial charge in [0.2, 0.25) is 5.91 Å². The summed E-state index contributed by atoms with van der Waals surface area (Å²) in [5.74, 6) is -0.495. The SMILES string of the molecule is Cc1ccc(S(=O)(=O)N(CC(=O)Nc2ccc(C)c(Cl)c2)c2ccc(Cl)cc2C)cc1. The fourth-order valence-corrected chi connectivity index (χ4v) is 4.93. The molecule has 8 heteroatoms. The number of nitrogens with zero attached hydrogens (tertiary/aromatic N) is 1. The summed E-state index contributed by atoms with van der Waals surface area (Å²) < 4.78 is 28.0. The van der Waals surface area contributed by atoms with Crippen molar-refractivity contribution in [1.29, 1.82) is 0 Å². The summed E-state index contributed by atoms with van der Waals surface area (Å²) in [4.78, 5) is 12.9. The zero-order chi connectivity index (χ0) is 22.8. The maximum atomic E-state index is 13.5. The number of rotatable bonds is 6. The van der Waals surface area contributed by atoms with E-state index in [1.54, 1.807) is 55.5 Å². The Morgan fingerprint density at radius 3 is 2.19 bits per heavy atom. The molecule has 31 heavy (non-hydrogen) atoms. The van der Waals surface area contributed by atoms with Gasteiger partial charge in [-0.2, -0.15) is 0 Å². The summed E-state index contributed by atoms with van der Waals surface area (Å²) >= 11 is 12.2. The van der Waals surface area contributed by atoms with E-state index >= 15 is 0 Å². The highest BCUT2D eigenvalue weighted by molar-refractivity contribution is 7.92. The molecule has 0 unspecified atom stereocenters. The van der Waals surface area contributed by atoms with E-state index in [2.05, 4.69) is 5.32 Å². The largest absolute Gasteiger partial charge is 0.324 e. The third kappa shape index (κ3) is 5.39. The number of nitrogens with one attached hydrogen (secondary N) is 1.